The van der Waals surface area contributed by atoms with Crippen molar-refractivity contribution in [2.24, 2.45) is 0 Å². The van der Waals surface area contributed by atoms with Crippen LogP contribution in [0.5, 0.6) is 0 Å². The predicted octanol–water partition coefficient (Wildman–Crippen LogP) is 6.07. The molecule has 4 heteroatoms. The van der Waals surface area contributed by atoms with Crippen molar-refractivity contribution in [1.82, 2.24) is 5.32 Å². The number of cyclic esters (lactones) is 1. The maximum Gasteiger partial charge on any atom is 0.407 e. The van der Waals surface area contributed by atoms with Crippen molar-refractivity contribution in [3.8, 4) is 11.1 Å². The number of hydrogen-bond acceptors (Lipinski definition) is 3. The Balaban J connectivity index is 1.38. The topological polar surface area (TPSA) is 38.3 Å². The third kappa shape index (κ3) is 3.18. The van der Waals surface area contributed by atoms with Gasteiger partial charge in [0.2, 0.25) is 0 Å². The van der Waals surface area contributed by atoms with Gasteiger partial charge in [-0.15, -0.1) is 11.3 Å². The lowest BCUT2D eigenvalue weighted by Gasteiger charge is -2.22. The van der Waals surface area contributed by atoms with Gasteiger partial charge in [-0.1, -0.05) is 37.6 Å². The fourth-order valence-electron chi connectivity index (χ4n) is 5.04. The van der Waals surface area contributed by atoms with Crippen LogP contribution in [0.1, 0.15) is 65.8 Å². The summed E-state index contributed by atoms with van der Waals surface area (Å²) in [5, 5.41) is 3.06. The molecule has 1 aromatic carbocycles. The van der Waals surface area contributed by atoms with Crippen LogP contribution in [0.15, 0.2) is 30.3 Å². The van der Waals surface area contributed by atoms with Crippen LogP contribution in [-0.2, 0) is 17.6 Å². The molecule has 2 atom stereocenters. The molecule has 1 N–H and O–H groups in total. The number of rotatable bonds is 4. The number of amides is 1. The van der Waals surface area contributed by atoms with E-state index < -0.39 is 0 Å². The van der Waals surface area contributed by atoms with Gasteiger partial charge in [0.1, 0.15) is 6.61 Å². The van der Waals surface area contributed by atoms with Crippen molar-refractivity contribution in [2.75, 3.05) is 6.61 Å². The molecule has 1 spiro atoms. The minimum Gasteiger partial charge on any atom is -0.447 e. The fraction of sp³-hybridized carbons (Fsp3) is 0.458. The number of alkyl carbamates (subject to hydrolysis) is 1. The van der Waals surface area contributed by atoms with Crippen LogP contribution in [-0.4, -0.2) is 18.2 Å². The van der Waals surface area contributed by atoms with E-state index in [0.29, 0.717) is 12.5 Å². The highest BCUT2D eigenvalue weighted by Crippen LogP contribution is 2.45. The number of thiophene rings is 1. The summed E-state index contributed by atoms with van der Waals surface area (Å²) in [7, 11) is 0. The second-order valence-electron chi connectivity index (χ2n) is 8.51. The Bertz CT molecular complexity index is 944. The summed E-state index contributed by atoms with van der Waals surface area (Å²) in [6.45, 7) is 2.75. The van der Waals surface area contributed by atoms with Crippen molar-refractivity contribution in [3.63, 3.8) is 0 Å². The first-order valence-corrected chi connectivity index (χ1v) is 11.3. The molecule has 3 nitrogen and oxygen atoms in total. The van der Waals surface area contributed by atoms with E-state index in [4.69, 9.17) is 4.74 Å². The average molecular weight is 394 g/mol. The van der Waals surface area contributed by atoms with E-state index in [1.807, 2.05) is 11.3 Å². The van der Waals surface area contributed by atoms with E-state index in [1.165, 1.54) is 38.4 Å². The van der Waals surface area contributed by atoms with Gasteiger partial charge in [0, 0.05) is 9.75 Å². The van der Waals surface area contributed by atoms with Crippen molar-refractivity contribution in [2.45, 2.75) is 63.3 Å². The summed E-state index contributed by atoms with van der Waals surface area (Å²) in [6.07, 6.45) is 12.1. The number of benzene rings is 1. The zero-order valence-electron chi connectivity index (χ0n) is 16.4. The SMILES string of the molecule is CCC/C=C\c1cc2c(s1)CCc1cc([C@H]3CC[C@]4(COC(=O)N4)C3)ccc1-2. The molecule has 1 aromatic heterocycles. The Morgan fingerprint density at radius 1 is 1.29 bits per heavy atom. The van der Waals surface area contributed by atoms with Crippen LogP contribution in [0.3, 0.4) is 0 Å². The lowest BCUT2D eigenvalue weighted by Crippen LogP contribution is -2.40. The quantitative estimate of drug-likeness (QED) is 0.684. The molecule has 0 bridgehead atoms. The van der Waals surface area contributed by atoms with E-state index in [9.17, 15) is 4.79 Å². The van der Waals surface area contributed by atoms with Gasteiger partial charge in [-0.05, 0) is 78.8 Å². The van der Waals surface area contributed by atoms with Crippen LogP contribution < -0.4 is 5.32 Å². The summed E-state index contributed by atoms with van der Waals surface area (Å²) in [6, 6.07) is 9.47. The number of carbonyl (C=O) groups is 1. The minimum absolute atomic E-state index is 0.127. The molecule has 1 saturated carbocycles. The molecule has 2 aliphatic carbocycles. The Labute approximate surface area is 170 Å². The van der Waals surface area contributed by atoms with Crippen molar-refractivity contribution >= 4 is 23.5 Å². The molecule has 1 saturated heterocycles. The van der Waals surface area contributed by atoms with Gasteiger partial charge in [-0.2, -0.15) is 0 Å². The number of aryl methyl sites for hydroxylation is 2. The Kier molecular flexibility index (Phi) is 4.54. The van der Waals surface area contributed by atoms with Crippen molar-refractivity contribution in [1.29, 1.82) is 0 Å². The maximum atomic E-state index is 11.5. The Morgan fingerprint density at radius 2 is 2.21 bits per heavy atom. The molecule has 1 aliphatic heterocycles. The second kappa shape index (κ2) is 7.07. The van der Waals surface area contributed by atoms with E-state index >= 15 is 0 Å². The number of carbonyl (C=O) groups excluding carboxylic acids is 1. The lowest BCUT2D eigenvalue weighted by molar-refractivity contribution is 0.172. The molecule has 28 heavy (non-hydrogen) atoms. The summed E-state index contributed by atoms with van der Waals surface area (Å²) in [5.41, 5.74) is 5.64. The smallest absolute Gasteiger partial charge is 0.407 e. The Hall–Kier alpha value is -2.07. The second-order valence-corrected chi connectivity index (χ2v) is 9.68. The van der Waals surface area contributed by atoms with E-state index in [2.05, 4.69) is 48.7 Å². The molecule has 0 unspecified atom stereocenters. The normalized spacial score (nSPS) is 25.8. The monoisotopic (exact) mass is 393 g/mol. The summed E-state index contributed by atoms with van der Waals surface area (Å²) in [4.78, 5) is 14.4. The fourth-order valence-corrected chi connectivity index (χ4v) is 6.15. The third-order valence-electron chi connectivity index (χ3n) is 6.53. The minimum atomic E-state index is -0.250. The first-order chi connectivity index (χ1) is 13.7. The molecule has 5 rings (SSSR count). The number of fused-ring (bicyclic) bond motifs is 3. The van der Waals surface area contributed by atoms with E-state index in [-0.39, 0.29) is 11.6 Å². The van der Waals surface area contributed by atoms with Gasteiger partial charge >= 0.3 is 6.09 Å². The molecule has 2 heterocycles. The van der Waals surface area contributed by atoms with Gasteiger partial charge in [0.25, 0.3) is 0 Å². The zero-order chi connectivity index (χ0) is 19.1. The summed E-state index contributed by atoms with van der Waals surface area (Å²) < 4.78 is 5.19. The molecular weight excluding hydrogens is 366 g/mol. The molecule has 1 amide bonds. The lowest BCUT2D eigenvalue weighted by atomic mass is 9.85. The van der Waals surface area contributed by atoms with Gasteiger partial charge in [-0.25, -0.2) is 4.79 Å². The zero-order valence-corrected chi connectivity index (χ0v) is 17.2. The highest BCUT2D eigenvalue weighted by Gasteiger charge is 2.46. The predicted molar refractivity (Wildman–Crippen MR) is 115 cm³/mol. The van der Waals surface area contributed by atoms with Crippen LogP contribution >= 0.6 is 11.3 Å². The molecule has 2 aromatic rings. The molecule has 3 aliphatic rings. The molecule has 2 fully saturated rings. The molecule has 146 valence electrons. The van der Waals surface area contributed by atoms with E-state index in [1.54, 1.807) is 0 Å². The Morgan fingerprint density at radius 3 is 3.04 bits per heavy atom. The van der Waals surface area contributed by atoms with Gasteiger partial charge < -0.3 is 10.1 Å². The first-order valence-electron chi connectivity index (χ1n) is 10.5. The number of ether oxygens (including phenoxy) is 1. The summed E-state index contributed by atoms with van der Waals surface area (Å²) >= 11 is 1.95. The van der Waals surface area contributed by atoms with Gasteiger partial charge in [0.15, 0.2) is 0 Å². The molecular formula is C24H27NO2S. The average Bonchev–Trinajstić information content (AvgIpc) is 3.40. The largest absolute Gasteiger partial charge is 0.447 e. The first kappa shape index (κ1) is 18.0. The number of unbranched alkanes of at least 4 members (excludes halogenated alkanes) is 1. The third-order valence-corrected chi connectivity index (χ3v) is 7.69. The maximum absolute atomic E-state index is 11.5. The van der Waals surface area contributed by atoms with Crippen molar-refractivity contribution in [3.05, 3.63) is 51.2 Å². The summed E-state index contributed by atoms with van der Waals surface area (Å²) in [5.74, 6) is 0.517. The van der Waals surface area contributed by atoms with Gasteiger partial charge in [-0.3, -0.25) is 0 Å². The van der Waals surface area contributed by atoms with Crippen LogP contribution in [0.2, 0.25) is 0 Å². The van der Waals surface area contributed by atoms with E-state index in [0.717, 1.165) is 38.5 Å². The van der Waals surface area contributed by atoms with Gasteiger partial charge in [0.05, 0.1) is 5.54 Å². The number of hydrogen-bond donors (Lipinski definition) is 1. The highest BCUT2D eigenvalue weighted by atomic mass is 32.1. The van der Waals surface area contributed by atoms with Crippen LogP contribution in [0.4, 0.5) is 4.79 Å². The molecule has 0 radical (unpaired) electrons. The highest BCUT2D eigenvalue weighted by molar-refractivity contribution is 7.13. The number of nitrogens with one attached hydrogen (secondary N) is 1. The van der Waals surface area contributed by atoms with Crippen LogP contribution in [0, 0.1) is 0 Å². The standard InChI is InChI=1S/C24H27NO2S/c1-2-3-4-5-19-13-21-20-8-6-16(12-17(20)7-9-22(21)28-19)18-10-11-24(14-18)15-27-23(26)25-24/h4-6,8,12-13,18H,2-3,7,9-11,14-15H2,1H3,(H,25,26)/b5-4-/t18-,24+/m0/s1. The van der Waals surface area contributed by atoms with Crippen LogP contribution in [0.25, 0.3) is 17.2 Å². The number of allylic oxidation sites excluding steroid dienone is 1. The van der Waals surface area contributed by atoms with Crippen molar-refractivity contribution < 1.29 is 9.53 Å².